The van der Waals surface area contributed by atoms with Crippen LogP contribution in [0.2, 0.25) is 0 Å². The molecule has 0 aliphatic heterocycles. The molecule has 0 N–H and O–H groups in total. The van der Waals surface area contributed by atoms with E-state index in [0.29, 0.717) is 10.2 Å². The van der Waals surface area contributed by atoms with Crippen LogP contribution in [0.15, 0.2) is 22.7 Å². The molecule has 0 saturated carbocycles. The SMILES string of the molecule is COc1ccc(C(=O)[O-])cc1Br. The summed E-state index contributed by atoms with van der Waals surface area (Å²) in [6.45, 7) is 0. The van der Waals surface area contributed by atoms with Crippen molar-refractivity contribution < 1.29 is 14.6 Å². The molecule has 0 aliphatic rings. The van der Waals surface area contributed by atoms with E-state index in [1.165, 1.54) is 19.2 Å². The lowest BCUT2D eigenvalue weighted by molar-refractivity contribution is -0.255. The first kappa shape index (κ1) is 9.06. The van der Waals surface area contributed by atoms with Crippen LogP contribution in [-0.2, 0) is 0 Å². The van der Waals surface area contributed by atoms with E-state index < -0.39 is 5.97 Å². The number of rotatable bonds is 2. The second-order valence-corrected chi connectivity index (χ2v) is 2.99. The molecule has 0 unspecified atom stereocenters. The Morgan fingerprint density at radius 1 is 1.58 bits per heavy atom. The van der Waals surface area contributed by atoms with Crippen LogP contribution in [0.1, 0.15) is 10.4 Å². The van der Waals surface area contributed by atoms with Crippen LogP contribution in [0.5, 0.6) is 5.75 Å². The minimum atomic E-state index is -1.20. The van der Waals surface area contributed by atoms with E-state index in [9.17, 15) is 9.90 Å². The largest absolute Gasteiger partial charge is 0.545 e. The zero-order valence-electron chi connectivity index (χ0n) is 6.33. The minimum absolute atomic E-state index is 0.127. The first-order valence-corrected chi connectivity index (χ1v) is 3.99. The molecule has 0 radical (unpaired) electrons. The number of carbonyl (C=O) groups excluding carboxylic acids is 1. The Hall–Kier alpha value is -1.03. The number of benzene rings is 1. The van der Waals surface area contributed by atoms with Crippen LogP contribution in [0, 0.1) is 0 Å². The van der Waals surface area contributed by atoms with E-state index in [0.717, 1.165) is 0 Å². The van der Waals surface area contributed by atoms with E-state index in [1.54, 1.807) is 6.07 Å². The molecular formula is C8H6BrO3-. The van der Waals surface area contributed by atoms with E-state index in [4.69, 9.17) is 4.74 Å². The highest BCUT2D eigenvalue weighted by Gasteiger charge is 2.00. The number of aromatic carboxylic acids is 1. The zero-order valence-corrected chi connectivity index (χ0v) is 7.92. The van der Waals surface area contributed by atoms with Crippen LogP contribution in [0.4, 0.5) is 0 Å². The lowest BCUT2D eigenvalue weighted by atomic mass is 10.2. The van der Waals surface area contributed by atoms with Crippen LogP contribution in [0.3, 0.4) is 0 Å². The first-order valence-electron chi connectivity index (χ1n) is 3.20. The van der Waals surface area contributed by atoms with Crippen molar-refractivity contribution >= 4 is 21.9 Å². The summed E-state index contributed by atoms with van der Waals surface area (Å²) in [6, 6.07) is 4.43. The molecule has 0 fully saturated rings. The molecule has 0 amide bonds. The van der Waals surface area contributed by atoms with Crippen LogP contribution >= 0.6 is 15.9 Å². The smallest absolute Gasteiger partial charge is 0.133 e. The van der Waals surface area contributed by atoms with E-state index in [-0.39, 0.29) is 5.56 Å². The summed E-state index contributed by atoms with van der Waals surface area (Å²) in [6.07, 6.45) is 0. The fourth-order valence-electron chi connectivity index (χ4n) is 0.793. The average molecular weight is 230 g/mol. The predicted octanol–water partition coefficient (Wildman–Crippen LogP) is 0.821. The van der Waals surface area contributed by atoms with Gasteiger partial charge in [-0.25, -0.2) is 0 Å². The summed E-state index contributed by atoms with van der Waals surface area (Å²) in [7, 11) is 1.51. The topological polar surface area (TPSA) is 49.4 Å². The highest BCUT2D eigenvalue weighted by atomic mass is 79.9. The molecule has 3 nitrogen and oxygen atoms in total. The number of hydrogen-bond acceptors (Lipinski definition) is 3. The monoisotopic (exact) mass is 229 g/mol. The van der Waals surface area contributed by atoms with Crippen LogP contribution in [0.25, 0.3) is 0 Å². The molecule has 0 aliphatic carbocycles. The molecule has 1 aromatic carbocycles. The van der Waals surface area contributed by atoms with Crippen molar-refractivity contribution in [1.82, 2.24) is 0 Å². The van der Waals surface area contributed by atoms with Gasteiger partial charge in [-0.15, -0.1) is 0 Å². The van der Waals surface area contributed by atoms with Gasteiger partial charge in [0, 0.05) is 0 Å². The van der Waals surface area contributed by atoms with Gasteiger partial charge < -0.3 is 14.6 Å². The maximum atomic E-state index is 10.4. The quantitative estimate of drug-likeness (QED) is 0.755. The van der Waals surface area contributed by atoms with Gasteiger partial charge in [-0.3, -0.25) is 0 Å². The van der Waals surface area contributed by atoms with Gasteiger partial charge >= 0.3 is 0 Å². The predicted molar refractivity (Wildman–Crippen MR) is 45.0 cm³/mol. The highest BCUT2D eigenvalue weighted by Crippen LogP contribution is 2.24. The van der Waals surface area contributed by atoms with Gasteiger partial charge in [0.25, 0.3) is 0 Å². The molecule has 64 valence electrons. The third-order valence-electron chi connectivity index (χ3n) is 1.39. The van der Waals surface area contributed by atoms with Crippen molar-refractivity contribution in [3.8, 4) is 5.75 Å². The number of hydrogen-bond donors (Lipinski definition) is 0. The maximum Gasteiger partial charge on any atom is 0.133 e. The molecule has 0 heterocycles. The lowest BCUT2D eigenvalue weighted by Gasteiger charge is -2.06. The van der Waals surface area contributed by atoms with Gasteiger partial charge in [-0.1, -0.05) is 0 Å². The summed E-state index contributed by atoms with van der Waals surface area (Å²) in [5.41, 5.74) is 0.127. The first-order chi connectivity index (χ1) is 5.65. The second kappa shape index (κ2) is 3.58. The number of halogens is 1. The lowest BCUT2D eigenvalue weighted by Crippen LogP contribution is -2.22. The van der Waals surface area contributed by atoms with Crippen LogP contribution < -0.4 is 9.84 Å². The van der Waals surface area contributed by atoms with Gasteiger partial charge in [0.15, 0.2) is 0 Å². The summed E-state index contributed by atoms with van der Waals surface area (Å²) < 4.78 is 5.52. The van der Waals surface area contributed by atoms with Crippen molar-refractivity contribution in [3.63, 3.8) is 0 Å². The molecule has 0 atom stereocenters. The van der Waals surface area contributed by atoms with Gasteiger partial charge in [0.1, 0.15) is 5.75 Å². The second-order valence-electron chi connectivity index (χ2n) is 2.14. The van der Waals surface area contributed by atoms with Crippen molar-refractivity contribution in [3.05, 3.63) is 28.2 Å². The Morgan fingerprint density at radius 2 is 2.25 bits per heavy atom. The number of carbonyl (C=O) groups is 1. The van der Waals surface area contributed by atoms with Gasteiger partial charge in [-0.2, -0.15) is 0 Å². The molecular weight excluding hydrogens is 224 g/mol. The zero-order chi connectivity index (χ0) is 9.14. The third-order valence-corrected chi connectivity index (χ3v) is 2.01. The van der Waals surface area contributed by atoms with Crippen LogP contribution in [-0.4, -0.2) is 13.1 Å². The fourth-order valence-corrected chi connectivity index (χ4v) is 1.33. The maximum absolute atomic E-state index is 10.4. The number of carboxylic acid groups (broad SMARTS) is 1. The number of methoxy groups -OCH3 is 1. The molecule has 12 heavy (non-hydrogen) atoms. The van der Waals surface area contributed by atoms with Gasteiger partial charge in [0.05, 0.1) is 17.6 Å². The summed E-state index contributed by atoms with van der Waals surface area (Å²) >= 11 is 3.16. The Kier molecular flexibility index (Phi) is 2.70. The minimum Gasteiger partial charge on any atom is -0.545 e. The van der Waals surface area contributed by atoms with E-state index in [1.807, 2.05) is 0 Å². The molecule has 1 aromatic rings. The van der Waals surface area contributed by atoms with Crippen molar-refractivity contribution in [2.45, 2.75) is 0 Å². The summed E-state index contributed by atoms with van der Waals surface area (Å²) in [5, 5.41) is 10.4. The third kappa shape index (κ3) is 1.76. The fraction of sp³-hybridized carbons (Fsp3) is 0.125. The Labute approximate surface area is 78.1 Å². The normalized spacial score (nSPS) is 9.50. The number of carboxylic acids is 1. The summed E-state index contributed by atoms with van der Waals surface area (Å²) in [4.78, 5) is 10.4. The summed E-state index contributed by atoms with van der Waals surface area (Å²) in [5.74, 6) is -0.599. The highest BCUT2D eigenvalue weighted by molar-refractivity contribution is 9.10. The standard InChI is InChI=1S/C8H7BrO3/c1-12-7-3-2-5(8(10)11)4-6(7)9/h2-4H,1H3,(H,10,11)/p-1. The molecule has 0 saturated heterocycles. The van der Waals surface area contributed by atoms with E-state index >= 15 is 0 Å². The molecule has 0 bridgehead atoms. The molecule has 1 rings (SSSR count). The van der Waals surface area contributed by atoms with Crippen molar-refractivity contribution in [2.75, 3.05) is 7.11 Å². The molecule has 4 heteroatoms. The Balaban J connectivity index is 3.10. The van der Waals surface area contributed by atoms with Crippen molar-refractivity contribution in [1.29, 1.82) is 0 Å². The Bertz CT molecular complexity index is 309. The van der Waals surface area contributed by atoms with E-state index in [2.05, 4.69) is 15.9 Å². The van der Waals surface area contributed by atoms with Crippen molar-refractivity contribution in [2.24, 2.45) is 0 Å². The number of ether oxygens (including phenoxy) is 1. The average Bonchev–Trinajstić information content (AvgIpc) is 2.04. The van der Waals surface area contributed by atoms with Gasteiger partial charge in [0.2, 0.25) is 0 Å². The van der Waals surface area contributed by atoms with Gasteiger partial charge in [-0.05, 0) is 39.7 Å². The molecule has 0 spiro atoms. The Morgan fingerprint density at radius 3 is 2.67 bits per heavy atom. The molecule has 0 aromatic heterocycles.